The minimum Gasteiger partial charge on any atom is -0.480 e. The molecule has 0 saturated carbocycles. The van der Waals surface area contributed by atoms with Crippen molar-refractivity contribution in [3.8, 4) is 0 Å². The zero-order valence-electron chi connectivity index (χ0n) is 18.4. The molecule has 4 atom stereocenters. The number of carbonyl (C=O) groups excluding carboxylic acids is 4. The number of hydrogen-bond donors (Lipinski definition) is 8. The van der Waals surface area contributed by atoms with E-state index in [4.69, 9.17) is 21.7 Å². The molecule has 0 aliphatic rings. The van der Waals surface area contributed by atoms with Crippen molar-refractivity contribution >= 4 is 40.5 Å². The second-order valence-electron chi connectivity index (χ2n) is 7.71. The van der Waals surface area contributed by atoms with E-state index in [-0.39, 0.29) is 6.42 Å². The van der Waals surface area contributed by atoms with Crippen molar-refractivity contribution in [2.45, 2.75) is 43.9 Å². The first-order valence-electron chi connectivity index (χ1n) is 10.4. The van der Waals surface area contributed by atoms with Crippen molar-refractivity contribution in [3.05, 3.63) is 36.0 Å². The number of carbonyl (C=O) groups is 5. The van der Waals surface area contributed by atoms with Gasteiger partial charge in [-0.05, 0) is 25.0 Å². The van der Waals surface area contributed by atoms with Crippen LogP contribution in [-0.2, 0) is 30.4 Å². The minimum atomic E-state index is -1.56. The van der Waals surface area contributed by atoms with Gasteiger partial charge >= 0.3 is 5.97 Å². The third kappa shape index (κ3) is 7.02. The Morgan fingerprint density at radius 2 is 1.65 bits per heavy atom. The summed E-state index contributed by atoms with van der Waals surface area (Å²) in [6.45, 7) is 0.409. The third-order valence-electron chi connectivity index (χ3n) is 5.04. The first-order chi connectivity index (χ1) is 16.0. The Labute approximate surface area is 194 Å². The third-order valence-corrected chi connectivity index (χ3v) is 5.04. The topological polar surface area (TPSA) is 230 Å². The Balaban J connectivity index is 2.02. The molecule has 1 aromatic heterocycles. The lowest BCUT2D eigenvalue weighted by molar-refractivity contribution is -0.143. The number of aromatic nitrogens is 1. The molecule has 0 bridgehead atoms. The van der Waals surface area contributed by atoms with E-state index in [0.29, 0.717) is 0 Å². The Kier molecular flexibility index (Phi) is 9.10. The second-order valence-corrected chi connectivity index (χ2v) is 7.71. The number of carboxylic acid groups (broad SMARTS) is 1. The second kappa shape index (κ2) is 11.8. The van der Waals surface area contributed by atoms with E-state index in [1.807, 2.05) is 29.6 Å². The SMILES string of the molecule is CC(NC(=O)C(CC(N)=O)NC(=O)C(N)Cc1c[nH]c2ccccc12)C(=O)NC(CO)C(=O)O. The van der Waals surface area contributed by atoms with Gasteiger partial charge in [-0.3, -0.25) is 19.2 Å². The van der Waals surface area contributed by atoms with Gasteiger partial charge in [0.2, 0.25) is 23.6 Å². The molecule has 4 unspecified atom stereocenters. The van der Waals surface area contributed by atoms with Gasteiger partial charge in [0.15, 0.2) is 0 Å². The van der Waals surface area contributed by atoms with Gasteiger partial charge in [0.1, 0.15) is 18.1 Å². The van der Waals surface area contributed by atoms with Gasteiger partial charge in [0.05, 0.1) is 19.1 Å². The average molecular weight is 476 g/mol. The van der Waals surface area contributed by atoms with Crippen LogP contribution in [0.5, 0.6) is 0 Å². The summed E-state index contributed by atoms with van der Waals surface area (Å²) in [6.07, 6.45) is 1.32. The number of fused-ring (bicyclic) bond motifs is 1. The van der Waals surface area contributed by atoms with Crippen LogP contribution in [0.25, 0.3) is 10.9 Å². The highest BCUT2D eigenvalue weighted by Gasteiger charge is 2.29. The highest BCUT2D eigenvalue weighted by atomic mass is 16.4. The Morgan fingerprint density at radius 1 is 1.00 bits per heavy atom. The maximum atomic E-state index is 12.6. The molecule has 4 amide bonds. The van der Waals surface area contributed by atoms with Gasteiger partial charge in [-0.15, -0.1) is 0 Å². The summed E-state index contributed by atoms with van der Waals surface area (Å²) >= 11 is 0. The molecule has 1 heterocycles. The number of primary amides is 1. The van der Waals surface area contributed by atoms with Crippen LogP contribution in [0.2, 0.25) is 0 Å². The molecule has 1 aromatic carbocycles. The number of aliphatic hydroxyl groups is 1. The van der Waals surface area contributed by atoms with Crippen molar-refractivity contribution in [1.82, 2.24) is 20.9 Å². The summed E-state index contributed by atoms with van der Waals surface area (Å²) in [4.78, 5) is 62.8. The fraction of sp³-hybridized carbons (Fsp3) is 0.381. The Hall–Kier alpha value is -3.97. The first-order valence-corrected chi connectivity index (χ1v) is 10.4. The zero-order valence-corrected chi connectivity index (χ0v) is 18.4. The number of carboxylic acids is 1. The molecule has 34 heavy (non-hydrogen) atoms. The van der Waals surface area contributed by atoms with Crippen LogP contribution >= 0.6 is 0 Å². The van der Waals surface area contributed by atoms with E-state index >= 15 is 0 Å². The Morgan fingerprint density at radius 3 is 2.26 bits per heavy atom. The predicted molar refractivity (Wildman–Crippen MR) is 120 cm³/mol. The van der Waals surface area contributed by atoms with Crippen LogP contribution < -0.4 is 27.4 Å². The molecular weight excluding hydrogens is 448 g/mol. The van der Waals surface area contributed by atoms with Gasteiger partial charge < -0.3 is 42.6 Å². The summed E-state index contributed by atoms with van der Waals surface area (Å²) in [6, 6.07) is 2.17. The predicted octanol–water partition coefficient (Wildman–Crippen LogP) is -2.54. The fourth-order valence-corrected chi connectivity index (χ4v) is 3.18. The minimum absolute atomic E-state index is 0.150. The van der Waals surface area contributed by atoms with Crippen molar-refractivity contribution in [3.63, 3.8) is 0 Å². The maximum Gasteiger partial charge on any atom is 0.328 e. The van der Waals surface area contributed by atoms with Gasteiger partial charge in [-0.1, -0.05) is 18.2 Å². The molecule has 13 nitrogen and oxygen atoms in total. The van der Waals surface area contributed by atoms with E-state index < -0.39 is 66.8 Å². The summed E-state index contributed by atoms with van der Waals surface area (Å²) in [5.41, 5.74) is 12.9. The molecule has 0 fully saturated rings. The lowest BCUT2D eigenvalue weighted by Gasteiger charge is -2.22. The average Bonchev–Trinajstić information content (AvgIpc) is 3.18. The molecule has 0 spiro atoms. The quantitative estimate of drug-likeness (QED) is 0.162. The summed E-state index contributed by atoms with van der Waals surface area (Å²) in [5, 5.41) is 25.5. The van der Waals surface area contributed by atoms with Crippen LogP contribution in [0, 0.1) is 0 Å². The number of aliphatic carboxylic acids is 1. The lowest BCUT2D eigenvalue weighted by Crippen LogP contribution is -2.57. The number of aromatic amines is 1. The van der Waals surface area contributed by atoms with E-state index in [9.17, 15) is 24.0 Å². The van der Waals surface area contributed by atoms with Crippen molar-refractivity contribution in [2.75, 3.05) is 6.61 Å². The molecule has 13 heteroatoms. The van der Waals surface area contributed by atoms with Crippen LogP contribution in [-0.4, -0.2) is 75.6 Å². The molecule has 2 aromatic rings. The molecule has 184 valence electrons. The van der Waals surface area contributed by atoms with Gasteiger partial charge in [-0.25, -0.2) is 4.79 Å². The number of nitrogens with one attached hydrogen (secondary N) is 4. The van der Waals surface area contributed by atoms with E-state index in [0.717, 1.165) is 16.5 Å². The smallest absolute Gasteiger partial charge is 0.328 e. The van der Waals surface area contributed by atoms with Crippen molar-refractivity contribution in [1.29, 1.82) is 0 Å². The summed E-state index contributed by atoms with van der Waals surface area (Å²) in [7, 11) is 0. The molecule has 0 aliphatic heterocycles. The van der Waals surface area contributed by atoms with Crippen molar-refractivity contribution < 1.29 is 34.2 Å². The number of H-pyrrole nitrogens is 1. The van der Waals surface area contributed by atoms with Crippen LogP contribution in [0.1, 0.15) is 18.9 Å². The molecule has 0 aliphatic carbocycles. The fourth-order valence-electron chi connectivity index (χ4n) is 3.18. The molecule has 10 N–H and O–H groups in total. The van der Waals surface area contributed by atoms with Crippen LogP contribution in [0.3, 0.4) is 0 Å². The van der Waals surface area contributed by atoms with Crippen molar-refractivity contribution in [2.24, 2.45) is 11.5 Å². The number of amides is 4. The standard InChI is InChI=1S/C21H28N6O7/c1-10(18(30)27-16(9-28)21(33)34)25-20(32)15(7-17(23)29)26-19(31)13(22)6-11-8-24-14-5-3-2-4-12(11)14/h2-5,8,10,13,15-16,24,28H,6-7,9,22H2,1H3,(H2,23,29)(H,25,32)(H,26,31)(H,27,30)(H,33,34). The lowest BCUT2D eigenvalue weighted by atomic mass is 10.0. The Bertz CT molecular complexity index is 1070. The van der Waals surface area contributed by atoms with Gasteiger partial charge in [0.25, 0.3) is 0 Å². The van der Waals surface area contributed by atoms with Gasteiger partial charge in [-0.2, -0.15) is 0 Å². The van der Waals surface area contributed by atoms with E-state index in [2.05, 4.69) is 15.6 Å². The monoisotopic (exact) mass is 476 g/mol. The normalized spacial score (nSPS) is 14.4. The largest absolute Gasteiger partial charge is 0.480 e. The molecular formula is C21H28N6O7. The number of benzene rings is 1. The number of hydrogen-bond acceptors (Lipinski definition) is 7. The van der Waals surface area contributed by atoms with Crippen LogP contribution in [0.15, 0.2) is 30.5 Å². The van der Waals surface area contributed by atoms with E-state index in [1.54, 1.807) is 6.20 Å². The van der Waals surface area contributed by atoms with Crippen LogP contribution in [0.4, 0.5) is 0 Å². The molecule has 0 saturated heterocycles. The van der Waals surface area contributed by atoms with E-state index in [1.165, 1.54) is 6.92 Å². The maximum absolute atomic E-state index is 12.6. The number of para-hydroxylation sites is 1. The zero-order chi connectivity index (χ0) is 25.4. The molecule has 0 radical (unpaired) electrons. The highest BCUT2D eigenvalue weighted by molar-refractivity contribution is 5.96. The summed E-state index contributed by atoms with van der Waals surface area (Å²) in [5.74, 6) is -4.85. The highest BCUT2D eigenvalue weighted by Crippen LogP contribution is 2.18. The number of aliphatic hydroxyl groups excluding tert-OH is 1. The molecule has 2 rings (SSSR count). The number of rotatable bonds is 12. The first kappa shape index (κ1) is 26.3. The number of nitrogens with two attached hydrogens (primary N) is 2. The summed E-state index contributed by atoms with van der Waals surface area (Å²) < 4.78 is 0. The van der Waals surface area contributed by atoms with Gasteiger partial charge in [0, 0.05) is 17.1 Å².